The summed E-state index contributed by atoms with van der Waals surface area (Å²) in [6.45, 7) is 3.37. The lowest BCUT2D eigenvalue weighted by Gasteiger charge is -2.26. The fourth-order valence-corrected chi connectivity index (χ4v) is 3.74. The summed E-state index contributed by atoms with van der Waals surface area (Å²) in [5.41, 5.74) is 4.06. The number of benzene rings is 2. The largest absolute Gasteiger partial charge is 0.377 e. The minimum absolute atomic E-state index is 0.0748. The van der Waals surface area contributed by atoms with Gasteiger partial charge in [-0.05, 0) is 53.8 Å². The molecule has 7 heteroatoms. The first-order valence-electron chi connectivity index (χ1n) is 10.1. The predicted octanol–water partition coefficient (Wildman–Crippen LogP) is 3.14. The van der Waals surface area contributed by atoms with Crippen LogP contribution in [0.5, 0.6) is 0 Å². The van der Waals surface area contributed by atoms with E-state index in [2.05, 4.69) is 10.5 Å². The van der Waals surface area contributed by atoms with Crippen LogP contribution in [0.2, 0.25) is 0 Å². The fraction of sp³-hybridized carbons (Fsp3) is 0.208. The summed E-state index contributed by atoms with van der Waals surface area (Å²) in [6, 6.07) is 15.1. The molecule has 1 N–H and O–H groups in total. The first-order valence-corrected chi connectivity index (χ1v) is 10.1. The Morgan fingerprint density at radius 3 is 2.81 bits per heavy atom. The molecule has 2 aromatic carbocycles. The zero-order valence-electron chi connectivity index (χ0n) is 17.0. The van der Waals surface area contributed by atoms with Crippen molar-refractivity contribution in [2.75, 3.05) is 13.2 Å². The molecule has 0 atom stereocenters. The second-order valence-electron chi connectivity index (χ2n) is 7.77. The number of hydrogen-bond acceptors (Lipinski definition) is 5. The molecule has 0 spiro atoms. The summed E-state index contributed by atoms with van der Waals surface area (Å²) < 4.78 is 11.8. The van der Waals surface area contributed by atoms with Crippen molar-refractivity contribution in [3.63, 3.8) is 0 Å². The lowest BCUT2D eigenvalue weighted by atomic mass is 10.0. The summed E-state index contributed by atoms with van der Waals surface area (Å²) in [5.74, 6) is -0.127. The van der Waals surface area contributed by atoms with E-state index in [1.165, 1.54) is 0 Å². The number of fused-ring (bicyclic) bond motifs is 1. The van der Waals surface area contributed by atoms with Crippen LogP contribution in [0.4, 0.5) is 0 Å². The second-order valence-corrected chi connectivity index (χ2v) is 7.77. The molecule has 2 aromatic heterocycles. The SMILES string of the molecule is Cc1nocc1-c1ccc2c(=O)n(Cc3cccc(C(=O)NC4COC4)c3)ccc2c1. The monoisotopic (exact) mass is 415 g/mol. The Bertz CT molecular complexity index is 1330. The molecule has 7 nitrogen and oxygen atoms in total. The first-order chi connectivity index (χ1) is 15.1. The maximum Gasteiger partial charge on any atom is 0.258 e. The molecule has 1 amide bonds. The van der Waals surface area contributed by atoms with Gasteiger partial charge in [0.1, 0.15) is 6.26 Å². The number of aromatic nitrogens is 2. The predicted molar refractivity (Wildman–Crippen MR) is 116 cm³/mol. The topological polar surface area (TPSA) is 86.4 Å². The van der Waals surface area contributed by atoms with Crippen LogP contribution in [0.25, 0.3) is 21.9 Å². The van der Waals surface area contributed by atoms with E-state index in [4.69, 9.17) is 9.26 Å². The highest BCUT2D eigenvalue weighted by molar-refractivity contribution is 5.94. The van der Waals surface area contributed by atoms with Crippen LogP contribution in [0.1, 0.15) is 21.6 Å². The minimum atomic E-state index is -0.127. The van der Waals surface area contributed by atoms with E-state index in [-0.39, 0.29) is 17.5 Å². The van der Waals surface area contributed by atoms with Gasteiger partial charge in [0.25, 0.3) is 11.5 Å². The van der Waals surface area contributed by atoms with Gasteiger partial charge in [0.05, 0.1) is 31.5 Å². The Morgan fingerprint density at radius 2 is 2.06 bits per heavy atom. The van der Waals surface area contributed by atoms with Crippen LogP contribution >= 0.6 is 0 Å². The van der Waals surface area contributed by atoms with E-state index < -0.39 is 0 Å². The number of nitrogens with zero attached hydrogens (tertiary/aromatic N) is 2. The molecule has 3 heterocycles. The van der Waals surface area contributed by atoms with Crippen molar-refractivity contribution in [1.82, 2.24) is 15.0 Å². The van der Waals surface area contributed by atoms with Gasteiger partial charge in [-0.3, -0.25) is 9.59 Å². The highest BCUT2D eigenvalue weighted by atomic mass is 16.5. The molecular weight excluding hydrogens is 394 g/mol. The second kappa shape index (κ2) is 7.85. The molecular formula is C24H21N3O4. The number of amides is 1. The summed E-state index contributed by atoms with van der Waals surface area (Å²) >= 11 is 0. The first kappa shape index (κ1) is 19.3. The Balaban J connectivity index is 1.41. The lowest BCUT2D eigenvalue weighted by molar-refractivity contribution is -0.00346. The van der Waals surface area contributed by atoms with Gasteiger partial charge in [-0.15, -0.1) is 0 Å². The average molecular weight is 415 g/mol. The lowest BCUT2D eigenvalue weighted by Crippen LogP contribution is -2.48. The number of rotatable bonds is 5. The molecule has 1 saturated heterocycles. The Labute approximate surface area is 178 Å². The Morgan fingerprint density at radius 1 is 1.19 bits per heavy atom. The van der Waals surface area contributed by atoms with Gasteiger partial charge in [-0.2, -0.15) is 0 Å². The van der Waals surface area contributed by atoms with Crippen LogP contribution in [0.3, 0.4) is 0 Å². The molecule has 5 rings (SSSR count). The van der Waals surface area contributed by atoms with Gasteiger partial charge in [0, 0.05) is 22.7 Å². The molecule has 1 aliphatic rings. The van der Waals surface area contributed by atoms with E-state index in [1.54, 1.807) is 23.1 Å². The molecule has 4 aromatic rings. The van der Waals surface area contributed by atoms with Gasteiger partial charge in [0.2, 0.25) is 0 Å². The Hall–Kier alpha value is -3.71. The van der Waals surface area contributed by atoms with Crippen LogP contribution in [-0.2, 0) is 11.3 Å². The van der Waals surface area contributed by atoms with Gasteiger partial charge in [-0.25, -0.2) is 0 Å². The molecule has 31 heavy (non-hydrogen) atoms. The number of aryl methyl sites for hydroxylation is 1. The number of nitrogens with one attached hydrogen (secondary N) is 1. The third-order valence-corrected chi connectivity index (χ3v) is 5.55. The van der Waals surface area contributed by atoms with E-state index >= 15 is 0 Å². The third-order valence-electron chi connectivity index (χ3n) is 5.55. The van der Waals surface area contributed by atoms with Crippen molar-refractivity contribution in [3.05, 3.63) is 88.2 Å². The van der Waals surface area contributed by atoms with Crippen molar-refractivity contribution < 1.29 is 14.1 Å². The Kier molecular flexibility index (Phi) is 4.88. The summed E-state index contributed by atoms with van der Waals surface area (Å²) in [6.07, 6.45) is 3.40. The summed E-state index contributed by atoms with van der Waals surface area (Å²) in [5, 5.41) is 8.35. The van der Waals surface area contributed by atoms with Gasteiger partial charge < -0.3 is 19.1 Å². The molecule has 0 bridgehead atoms. The summed E-state index contributed by atoms with van der Waals surface area (Å²) in [4.78, 5) is 25.4. The molecule has 0 radical (unpaired) electrons. The highest BCUT2D eigenvalue weighted by Crippen LogP contribution is 2.25. The molecule has 1 aliphatic heterocycles. The van der Waals surface area contributed by atoms with E-state index in [9.17, 15) is 9.59 Å². The van der Waals surface area contributed by atoms with Crippen molar-refractivity contribution in [1.29, 1.82) is 0 Å². The standard InChI is InChI=1S/C24H21N3O4/c1-15-22(14-31-26-15)17-5-6-21-18(10-17)7-8-27(24(21)29)11-16-3-2-4-19(9-16)23(28)25-20-12-30-13-20/h2-10,14,20H,11-13H2,1H3,(H,25,28). The van der Waals surface area contributed by atoms with Gasteiger partial charge in [0.15, 0.2) is 0 Å². The fourth-order valence-electron chi connectivity index (χ4n) is 3.74. The van der Waals surface area contributed by atoms with E-state index in [0.29, 0.717) is 30.7 Å². The number of carbonyl (C=O) groups is 1. The molecule has 0 aliphatic carbocycles. The van der Waals surface area contributed by atoms with E-state index in [0.717, 1.165) is 27.8 Å². The zero-order chi connectivity index (χ0) is 21.4. The van der Waals surface area contributed by atoms with Crippen molar-refractivity contribution in [3.8, 4) is 11.1 Å². The summed E-state index contributed by atoms with van der Waals surface area (Å²) in [7, 11) is 0. The molecule has 156 valence electrons. The molecule has 1 fully saturated rings. The quantitative estimate of drug-likeness (QED) is 0.541. The minimum Gasteiger partial charge on any atom is -0.377 e. The average Bonchev–Trinajstić information content (AvgIpc) is 3.18. The number of pyridine rings is 1. The maximum atomic E-state index is 13.0. The van der Waals surface area contributed by atoms with Gasteiger partial charge in [-0.1, -0.05) is 23.4 Å². The van der Waals surface area contributed by atoms with Crippen molar-refractivity contribution in [2.45, 2.75) is 19.5 Å². The van der Waals surface area contributed by atoms with Crippen LogP contribution in [0, 0.1) is 6.92 Å². The number of hydrogen-bond donors (Lipinski definition) is 1. The molecule has 0 unspecified atom stereocenters. The zero-order valence-corrected chi connectivity index (χ0v) is 17.0. The van der Waals surface area contributed by atoms with Crippen LogP contribution in [-0.4, -0.2) is 34.9 Å². The smallest absolute Gasteiger partial charge is 0.258 e. The van der Waals surface area contributed by atoms with Crippen LogP contribution in [0.15, 0.2) is 70.3 Å². The van der Waals surface area contributed by atoms with Crippen molar-refractivity contribution in [2.24, 2.45) is 0 Å². The van der Waals surface area contributed by atoms with Crippen molar-refractivity contribution >= 4 is 16.7 Å². The molecule has 0 saturated carbocycles. The van der Waals surface area contributed by atoms with Crippen LogP contribution < -0.4 is 10.9 Å². The normalized spacial score (nSPS) is 13.8. The highest BCUT2D eigenvalue weighted by Gasteiger charge is 2.21. The number of carbonyl (C=O) groups excluding carboxylic acids is 1. The number of ether oxygens (including phenoxy) is 1. The maximum absolute atomic E-state index is 13.0. The van der Waals surface area contributed by atoms with E-state index in [1.807, 2.05) is 49.4 Å². The van der Waals surface area contributed by atoms with Gasteiger partial charge >= 0.3 is 0 Å². The third kappa shape index (κ3) is 3.75.